The molecule has 0 aliphatic rings. The van der Waals surface area contributed by atoms with Crippen LogP contribution in [-0.4, -0.2) is 11.1 Å². The molecule has 0 fully saturated rings. The van der Waals surface area contributed by atoms with Gasteiger partial charge in [0.1, 0.15) is 11.5 Å². The van der Waals surface area contributed by atoms with Gasteiger partial charge in [0.2, 0.25) is 0 Å². The summed E-state index contributed by atoms with van der Waals surface area (Å²) in [4.78, 5) is 10.4. The fourth-order valence-corrected chi connectivity index (χ4v) is 2.91. The summed E-state index contributed by atoms with van der Waals surface area (Å²) < 4.78 is 7.29. The fraction of sp³-hybridized carbons (Fsp3) is 0. The minimum absolute atomic E-state index is 0.0164. The lowest BCUT2D eigenvalue weighted by Crippen LogP contribution is -1.89. The van der Waals surface area contributed by atoms with Gasteiger partial charge in [0.05, 0.1) is 16.8 Å². The van der Waals surface area contributed by atoms with E-state index in [2.05, 4.69) is 42.4 Å². The highest BCUT2D eigenvalue weighted by Gasteiger charge is 2.12. The minimum atomic E-state index is -0.442. The molecule has 0 unspecified atom stereocenters. The van der Waals surface area contributed by atoms with Crippen LogP contribution in [0, 0.1) is 10.1 Å². The summed E-state index contributed by atoms with van der Waals surface area (Å²) in [5, 5.41) is 14.9. The Morgan fingerprint density at radius 2 is 1.84 bits per heavy atom. The summed E-state index contributed by atoms with van der Waals surface area (Å²) in [5.41, 5.74) is 4.50. The van der Waals surface area contributed by atoms with Crippen LogP contribution < -0.4 is 5.43 Å². The van der Waals surface area contributed by atoms with E-state index in [0.717, 1.165) is 15.7 Å². The minimum Gasteiger partial charge on any atom is -0.455 e. The van der Waals surface area contributed by atoms with Crippen LogP contribution in [0.5, 0.6) is 0 Å². The smallest absolute Gasteiger partial charge is 0.270 e. The Balaban J connectivity index is 1.73. The average molecular weight is 465 g/mol. The lowest BCUT2D eigenvalue weighted by atomic mass is 10.1. The molecule has 0 aliphatic heterocycles. The van der Waals surface area contributed by atoms with Crippen molar-refractivity contribution in [1.82, 2.24) is 0 Å². The molecule has 0 amide bonds. The quantitative estimate of drug-likeness (QED) is 0.292. The third kappa shape index (κ3) is 4.34. The zero-order chi connectivity index (χ0) is 17.8. The van der Waals surface area contributed by atoms with Crippen molar-refractivity contribution in [1.29, 1.82) is 0 Å². The molecule has 8 heteroatoms. The zero-order valence-corrected chi connectivity index (χ0v) is 15.8. The molecule has 0 spiro atoms. The highest BCUT2D eigenvalue weighted by atomic mass is 79.9. The summed E-state index contributed by atoms with van der Waals surface area (Å²) in [7, 11) is 0. The monoisotopic (exact) mass is 463 g/mol. The maximum Gasteiger partial charge on any atom is 0.270 e. The molecule has 0 saturated heterocycles. The Kier molecular flexibility index (Phi) is 5.30. The third-order valence-corrected chi connectivity index (χ3v) is 4.47. The van der Waals surface area contributed by atoms with E-state index in [1.54, 1.807) is 24.4 Å². The van der Waals surface area contributed by atoms with Crippen molar-refractivity contribution in [2.24, 2.45) is 5.10 Å². The second-order valence-corrected chi connectivity index (χ2v) is 6.77. The van der Waals surface area contributed by atoms with Gasteiger partial charge in [0, 0.05) is 26.6 Å². The fourth-order valence-electron chi connectivity index (χ4n) is 2.08. The van der Waals surface area contributed by atoms with E-state index in [1.807, 2.05) is 24.3 Å². The first-order valence-corrected chi connectivity index (χ1v) is 8.70. The van der Waals surface area contributed by atoms with Gasteiger partial charge in [-0.25, -0.2) is 0 Å². The Bertz CT molecular complexity index is 937. The van der Waals surface area contributed by atoms with Gasteiger partial charge in [-0.3, -0.25) is 15.5 Å². The number of hydrogen-bond acceptors (Lipinski definition) is 5. The van der Waals surface area contributed by atoms with Gasteiger partial charge in [0.15, 0.2) is 0 Å². The van der Waals surface area contributed by atoms with Crippen molar-refractivity contribution >= 4 is 49.4 Å². The molecule has 2 aromatic carbocycles. The third-order valence-electron chi connectivity index (χ3n) is 3.29. The van der Waals surface area contributed by atoms with Gasteiger partial charge >= 0.3 is 0 Å². The van der Waals surface area contributed by atoms with E-state index in [4.69, 9.17) is 4.42 Å². The number of nitrogens with one attached hydrogen (secondary N) is 1. The zero-order valence-electron chi connectivity index (χ0n) is 12.6. The maximum absolute atomic E-state index is 10.8. The number of nitro benzene ring substituents is 1. The molecule has 0 saturated carbocycles. The molecule has 126 valence electrons. The number of hydrazone groups is 1. The number of furan rings is 1. The number of nitro groups is 1. The summed E-state index contributed by atoms with van der Waals surface area (Å²) in [6.07, 6.45) is 1.56. The predicted octanol–water partition coefficient (Wildman–Crippen LogP) is 5.83. The first kappa shape index (κ1) is 17.4. The van der Waals surface area contributed by atoms with Crippen LogP contribution in [0.4, 0.5) is 11.4 Å². The Morgan fingerprint density at radius 1 is 1.08 bits per heavy atom. The molecule has 0 bridgehead atoms. The second kappa shape index (κ2) is 7.62. The van der Waals surface area contributed by atoms with Crippen molar-refractivity contribution < 1.29 is 9.34 Å². The van der Waals surface area contributed by atoms with Crippen LogP contribution in [0.1, 0.15) is 5.76 Å². The standard InChI is InChI=1S/C17H11Br2N3O3/c18-11-1-3-12(4-2-11)21-20-10-14-6-8-17(25-14)15-7-5-13(22(23)24)9-16(15)19/h1-10,21H. The van der Waals surface area contributed by atoms with Crippen molar-refractivity contribution in [2.75, 3.05) is 5.43 Å². The van der Waals surface area contributed by atoms with Crippen LogP contribution in [0.3, 0.4) is 0 Å². The first-order valence-electron chi connectivity index (χ1n) is 7.12. The molecule has 6 nitrogen and oxygen atoms in total. The number of halogens is 2. The summed E-state index contributed by atoms with van der Waals surface area (Å²) in [5.74, 6) is 1.15. The highest BCUT2D eigenvalue weighted by Crippen LogP contribution is 2.32. The van der Waals surface area contributed by atoms with E-state index in [0.29, 0.717) is 16.0 Å². The van der Waals surface area contributed by atoms with Gasteiger partial charge in [0.25, 0.3) is 5.69 Å². The van der Waals surface area contributed by atoms with E-state index >= 15 is 0 Å². The van der Waals surface area contributed by atoms with E-state index in [-0.39, 0.29) is 5.69 Å². The van der Waals surface area contributed by atoms with Gasteiger partial charge < -0.3 is 4.42 Å². The molecular weight excluding hydrogens is 454 g/mol. The predicted molar refractivity (Wildman–Crippen MR) is 104 cm³/mol. The van der Waals surface area contributed by atoms with Gasteiger partial charge in [-0.15, -0.1) is 0 Å². The molecule has 25 heavy (non-hydrogen) atoms. The van der Waals surface area contributed by atoms with E-state index in [9.17, 15) is 10.1 Å². The van der Waals surface area contributed by atoms with Crippen LogP contribution in [0.25, 0.3) is 11.3 Å². The molecule has 0 aliphatic carbocycles. The second-order valence-electron chi connectivity index (χ2n) is 5.00. The molecule has 1 heterocycles. The summed E-state index contributed by atoms with van der Waals surface area (Å²) in [6, 6.07) is 15.7. The Labute approximate surface area is 160 Å². The van der Waals surface area contributed by atoms with Crippen molar-refractivity contribution in [3.05, 3.63) is 79.4 Å². The number of rotatable bonds is 5. The first-order chi connectivity index (χ1) is 12.0. The normalized spacial score (nSPS) is 11.0. The lowest BCUT2D eigenvalue weighted by Gasteiger charge is -2.01. The Hall–Kier alpha value is -2.45. The number of anilines is 1. The van der Waals surface area contributed by atoms with Crippen LogP contribution in [-0.2, 0) is 0 Å². The average Bonchev–Trinajstić information content (AvgIpc) is 3.05. The maximum atomic E-state index is 10.8. The van der Waals surface area contributed by atoms with Gasteiger partial charge in [-0.2, -0.15) is 5.10 Å². The van der Waals surface area contributed by atoms with E-state index in [1.165, 1.54) is 12.1 Å². The van der Waals surface area contributed by atoms with Crippen LogP contribution >= 0.6 is 31.9 Å². The summed E-state index contributed by atoms with van der Waals surface area (Å²) in [6.45, 7) is 0. The van der Waals surface area contributed by atoms with E-state index < -0.39 is 4.92 Å². The molecule has 0 atom stereocenters. The molecule has 1 aromatic heterocycles. The van der Waals surface area contributed by atoms with Crippen LogP contribution in [0.15, 0.2) is 73.1 Å². The number of nitrogens with zero attached hydrogens (tertiary/aromatic N) is 2. The lowest BCUT2D eigenvalue weighted by molar-refractivity contribution is -0.384. The summed E-state index contributed by atoms with van der Waals surface area (Å²) >= 11 is 6.71. The highest BCUT2D eigenvalue weighted by molar-refractivity contribution is 9.10. The van der Waals surface area contributed by atoms with Crippen molar-refractivity contribution in [3.63, 3.8) is 0 Å². The molecule has 1 N–H and O–H groups in total. The number of non-ortho nitro benzene ring substituents is 1. The molecular formula is C17H11Br2N3O3. The van der Waals surface area contributed by atoms with Gasteiger partial charge in [-0.1, -0.05) is 15.9 Å². The number of benzene rings is 2. The van der Waals surface area contributed by atoms with Crippen molar-refractivity contribution in [2.45, 2.75) is 0 Å². The van der Waals surface area contributed by atoms with Gasteiger partial charge in [-0.05, 0) is 58.4 Å². The largest absolute Gasteiger partial charge is 0.455 e. The Morgan fingerprint density at radius 3 is 2.52 bits per heavy atom. The molecule has 0 radical (unpaired) electrons. The number of hydrogen-bond donors (Lipinski definition) is 1. The molecule has 3 rings (SSSR count). The van der Waals surface area contributed by atoms with Crippen LogP contribution in [0.2, 0.25) is 0 Å². The van der Waals surface area contributed by atoms with Crippen molar-refractivity contribution in [3.8, 4) is 11.3 Å². The topological polar surface area (TPSA) is 80.7 Å². The molecule has 3 aromatic rings. The SMILES string of the molecule is O=[N+]([O-])c1ccc(-c2ccc(C=NNc3ccc(Br)cc3)o2)c(Br)c1.